The SMILES string of the molecule is Cc1ccc(N=[N+]=[N-])o1. The maximum absolute atomic E-state index is 7.93. The van der Waals surface area contributed by atoms with Crippen molar-refractivity contribution in [1.29, 1.82) is 0 Å². The molecule has 4 heteroatoms. The topological polar surface area (TPSA) is 61.9 Å². The third kappa shape index (κ3) is 1.24. The van der Waals surface area contributed by atoms with Crippen LogP contribution < -0.4 is 0 Å². The summed E-state index contributed by atoms with van der Waals surface area (Å²) in [4.78, 5) is 2.55. The van der Waals surface area contributed by atoms with E-state index in [4.69, 9.17) is 9.95 Å². The molecule has 0 saturated heterocycles. The fourth-order valence-corrected chi connectivity index (χ4v) is 0.519. The Morgan fingerprint density at radius 2 is 2.44 bits per heavy atom. The summed E-state index contributed by atoms with van der Waals surface area (Å²) in [6.07, 6.45) is 0. The van der Waals surface area contributed by atoms with E-state index in [9.17, 15) is 0 Å². The Hall–Kier alpha value is -1.41. The standard InChI is InChI=1S/C5H5N3O/c1-4-2-3-5(9-4)7-8-6/h2-3H,1H3. The van der Waals surface area contributed by atoms with Gasteiger partial charge in [0, 0.05) is 4.91 Å². The summed E-state index contributed by atoms with van der Waals surface area (Å²) >= 11 is 0. The average Bonchev–Trinajstić information content (AvgIpc) is 2.17. The lowest BCUT2D eigenvalue weighted by atomic mass is 10.5. The van der Waals surface area contributed by atoms with E-state index in [1.165, 1.54) is 0 Å². The van der Waals surface area contributed by atoms with Crippen molar-refractivity contribution in [1.82, 2.24) is 0 Å². The van der Waals surface area contributed by atoms with Gasteiger partial charge in [0.2, 0.25) is 0 Å². The zero-order valence-corrected chi connectivity index (χ0v) is 4.90. The monoisotopic (exact) mass is 123 g/mol. The van der Waals surface area contributed by atoms with Crippen LogP contribution in [0, 0.1) is 6.92 Å². The molecule has 1 heterocycles. The summed E-state index contributed by atoms with van der Waals surface area (Å²) in [6.45, 7) is 1.79. The van der Waals surface area contributed by atoms with Crippen molar-refractivity contribution in [3.8, 4) is 0 Å². The Labute approximate surface area is 51.7 Å². The number of azide groups is 1. The van der Waals surface area contributed by atoms with Crippen molar-refractivity contribution < 1.29 is 4.42 Å². The fourth-order valence-electron chi connectivity index (χ4n) is 0.519. The highest BCUT2D eigenvalue weighted by Crippen LogP contribution is 2.14. The molecule has 0 aliphatic rings. The summed E-state index contributed by atoms with van der Waals surface area (Å²) in [7, 11) is 0. The minimum Gasteiger partial charge on any atom is -0.460 e. The first kappa shape index (κ1) is 5.72. The van der Waals surface area contributed by atoms with Gasteiger partial charge in [-0.25, -0.2) is 0 Å². The van der Waals surface area contributed by atoms with Gasteiger partial charge >= 0.3 is 0 Å². The summed E-state index contributed by atoms with van der Waals surface area (Å²) in [5.41, 5.74) is 7.93. The predicted molar refractivity (Wildman–Crippen MR) is 32.3 cm³/mol. The van der Waals surface area contributed by atoms with E-state index in [1.54, 1.807) is 19.1 Å². The third-order valence-electron chi connectivity index (χ3n) is 0.869. The molecular formula is C5H5N3O. The van der Waals surface area contributed by atoms with Gasteiger partial charge in [-0.2, -0.15) is 0 Å². The molecule has 0 aliphatic carbocycles. The first-order chi connectivity index (χ1) is 4.33. The molecule has 1 aromatic heterocycles. The van der Waals surface area contributed by atoms with E-state index < -0.39 is 0 Å². The maximum atomic E-state index is 7.93. The molecule has 1 aromatic rings. The van der Waals surface area contributed by atoms with Gasteiger partial charge in [-0.1, -0.05) is 0 Å². The Morgan fingerprint density at radius 3 is 2.89 bits per heavy atom. The van der Waals surface area contributed by atoms with E-state index in [1.807, 2.05) is 0 Å². The highest BCUT2D eigenvalue weighted by Gasteiger charge is 1.90. The summed E-state index contributed by atoms with van der Waals surface area (Å²) in [5.74, 6) is 1.06. The fraction of sp³-hybridized carbons (Fsp3) is 0.200. The molecule has 0 spiro atoms. The Balaban J connectivity index is 2.97. The highest BCUT2D eigenvalue weighted by molar-refractivity contribution is 5.23. The highest BCUT2D eigenvalue weighted by atomic mass is 16.4. The maximum Gasteiger partial charge on any atom is 0.190 e. The van der Waals surface area contributed by atoms with Crippen molar-refractivity contribution in [2.45, 2.75) is 6.92 Å². The quantitative estimate of drug-likeness (QED) is 0.321. The molecule has 9 heavy (non-hydrogen) atoms. The number of rotatable bonds is 1. The van der Waals surface area contributed by atoms with Crippen molar-refractivity contribution >= 4 is 5.88 Å². The second-order valence-corrected chi connectivity index (χ2v) is 1.57. The van der Waals surface area contributed by atoms with Crippen molar-refractivity contribution in [2.24, 2.45) is 5.11 Å². The average molecular weight is 123 g/mol. The minimum absolute atomic E-state index is 0.315. The zero-order valence-electron chi connectivity index (χ0n) is 4.90. The van der Waals surface area contributed by atoms with Gasteiger partial charge in [0.25, 0.3) is 0 Å². The second kappa shape index (κ2) is 2.24. The van der Waals surface area contributed by atoms with Crippen molar-refractivity contribution in [3.05, 3.63) is 28.3 Å². The van der Waals surface area contributed by atoms with E-state index in [-0.39, 0.29) is 0 Å². The predicted octanol–water partition coefficient (Wildman–Crippen LogP) is 2.53. The van der Waals surface area contributed by atoms with E-state index in [0.717, 1.165) is 5.76 Å². The molecule has 4 nitrogen and oxygen atoms in total. The smallest absolute Gasteiger partial charge is 0.190 e. The van der Waals surface area contributed by atoms with Gasteiger partial charge < -0.3 is 4.42 Å². The molecule has 1 rings (SSSR count). The van der Waals surface area contributed by atoms with Gasteiger partial charge in [0.15, 0.2) is 5.88 Å². The largest absolute Gasteiger partial charge is 0.460 e. The molecular weight excluding hydrogens is 118 g/mol. The molecule has 0 fully saturated rings. The second-order valence-electron chi connectivity index (χ2n) is 1.57. The van der Waals surface area contributed by atoms with Crippen LogP contribution >= 0.6 is 0 Å². The first-order valence-corrected chi connectivity index (χ1v) is 2.44. The molecule has 46 valence electrons. The molecule has 0 N–H and O–H groups in total. The number of aryl methyl sites for hydroxylation is 1. The Kier molecular flexibility index (Phi) is 1.42. The van der Waals surface area contributed by atoms with E-state index in [2.05, 4.69) is 10.0 Å². The lowest BCUT2D eigenvalue weighted by Gasteiger charge is -1.77. The molecule has 0 amide bonds. The molecule has 0 saturated carbocycles. The van der Waals surface area contributed by atoms with Gasteiger partial charge in [-0.05, 0) is 29.7 Å². The van der Waals surface area contributed by atoms with E-state index in [0.29, 0.717) is 5.88 Å². The zero-order chi connectivity index (χ0) is 6.69. The van der Waals surface area contributed by atoms with Gasteiger partial charge in [-0.3, -0.25) is 0 Å². The number of nitrogens with zero attached hydrogens (tertiary/aromatic N) is 3. The van der Waals surface area contributed by atoms with Gasteiger partial charge in [0.1, 0.15) is 5.76 Å². The van der Waals surface area contributed by atoms with Crippen LogP contribution in [0.15, 0.2) is 21.7 Å². The first-order valence-electron chi connectivity index (χ1n) is 2.44. The van der Waals surface area contributed by atoms with Crippen LogP contribution in [-0.2, 0) is 0 Å². The third-order valence-corrected chi connectivity index (χ3v) is 0.869. The molecule has 0 radical (unpaired) electrons. The van der Waals surface area contributed by atoms with Crippen LogP contribution in [-0.4, -0.2) is 0 Å². The summed E-state index contributed by atoms with van der Waals surface area (Å²) in [5, 5.41) is 3.24. The van der Waals surface area contributed by atoms with E-state index >= 15 is 0 Å². The van der Waals surface area contributed by atoms with Crippen LogP contribution in [0.1, 0.15) is 5.76 Å². The molecule has 0 bridgehead atoms. The van der Waals surface area contributed by atoms with Crippen LogP contribution in [0.4, 0.5) is 5.88 Å². The number of hydrogen-bond acceptors (Lipinski definition) is 2. The molecule has 0 atom stereocenters. The van der Waals surface area contributed by atoms with Crippen LogP contribution in [0.25, 0.3) is 10.4 Å². The van der Waals surface area contributed by atoms with Crippen LogP contribution in [0.3, 0.4) is 0 Å². The minimum atomic E-state index is 0.315. The normalized spacial score (nSPS) is 8.56. The van der Waals surface area contributed by atoms with Crippen molar-refractivity contribution in [3.63, 3.8) is 0 Å². The Morgan fingerprint density at radius 1 is 1.67 bits per heavy atom. The van der Waals surface area contributed by atoms with Gasteiger partial charge in [0.05, 0.1) is 0 Å². The lowest BCUT2D eigenvalue weighted by Crippen LogP contribution is -1.50. The molecule has 0 aliphatic heterocycles. The Bertz CT molecular complexity index is 246. The van der Waals surface area contributed by atoms with Crippen LogP contribution in [0.5, 0.6) is 0 Å². The summed E-state index contributed by atoms with van der Waals surface area (Å²) in [6, 6.07) is 3.36. The van der Waals surface area contributed by atoms with Crippen molar-refractivity contribution in [2.75, 3.05) is 0 Å². The molecule has 0 unspecified atom stereocenters. The summed E-state index contributed by atoms with van der Waals surface area (Å²) < 4.78 is 4.90. The van der Waals surface area contributed by atoms with Crippen LogP contribution in [0.2, 0.25) is 0 Å². The lowest BCUT2D eigenvalue weighted by molar-refractivity contribution is 0.543. The van der Waals surface area contributed by atoms with Gasteiger partial charge in [-0.15, -0.1) is 0 Å². The number of furan rings is 1. The molecule has 0 aromatic carbocycles. The number of hydrogen-bond donors (Lipinski definition) is 0.